The van der Waals surface area contributed by atoms with E-state index >= 15 is 0 Å². The summed E-state index contributed by atoms with van der Waals surface area (Å²) in [7, 11) is 1.57. The van der Waals surface area contributed by atoms with Crippen molar-refractivity contribution in [2.45, 2.75) is 6.92 Å². The van der Waals surface area contributed by atoms with Crippen LogP contribution in [0.25, 0.3) is 10.9 Å². The maximum atomic E-state index is 13.5. The number of methoxy groups -OCH3 is 1. The SMILES string of the molecule is COc1cc2ncnc(Nc3ccc(F)c(Cl)c3)c2cc1OCC1(C)COCOC1. The van der Waals surface area contributed by atoms with Gasteiger partial charge in [0.2, 0.25) is 0 Å². The number of fused-ring (bicyclic) bond motifs is 1. The van der Waals surface area contributed by atoms with Gasteiger partial charge in [0.05, 0.1) is 37.5 Å². The summed E-state index contributed by atoms with van der Waals surface area (Å²) >= 11 is 5.89. The van der Waals surface area contributed by atoms with E-state index in [0.717, 1.165) is 5.39 Å². The van der Waals surface area contributed by atoms with Crippen LogP contribution in [0.4, 0.5) is 15.9 Å². The molecule has 1 saturated heterocycles. The predicted octanol–water partition coefficient (Wildman–Crippen LogP) is 4.56. The highest BCUT2D eigenvalue weighted by molar-refractivity contribution is 6.31. The van der Waals surface area contributed by atoms with Gasteiger partial charge in [-0.1, -0.05) is 18.5 Å². The molecule has 0 saturated carbocycles. The van der Waals surface area contributed by atoms with Crippen LogP contribution < -0.4 is 14.8 Å². The lowest BCUT2D eigenvalue weighted by Gasteiger charge is -2.32. The van der Waals surface area contributed by atoms with E-state index in [2.05, 4.69) is 15.3 Å². The average Bonchev–Trinajstić information content (AvgIpc) is 2.75. The Bertz CT molecular complexity index is 1060. The zero-order chi connectivity index (χ0) is 21.1. The molecule has 1 aliphatic rings. The Morgan fingerprint density at radius 2 is 1.97 bits per heavy atom. The van der Waals surface area contributed by atoms with Gasteiger partial charge in [-0.2, -0.15) is 0 Å². The van der Waals surface area contributed by atoms with Crippen molar-refractivity contribution in [3.8, 4) is 11.5 Å². The zero-order valence-electron chi connectivity index (χ0n) is 16.6. The molecule has 4 rings (SSSR count). The fraction of sp³-hybridized carbons (Fsp3) is 0.333. The number of nitrogens with zero attached hydrogens (tertiary/aromatic N) is 2. The van der Waals surface area contributed by atoms with Crippen molar-refractivity contribution in [3.05, 3.63) is 47.5 Å². The minimum Gasteiger partial charge on any atom is -0.493 e. The maximum Gasteiger partial charge on any atom is 0.162 e. The van der Waals surface area contributed by atoms with Gasteiger partial charge in [-0.3, -0.25) is 0 Å². The first-order valence-corrected chi connectivity index (χ1v) is 9.68. The molecule has 0 bridgehead atoms. The molecule has 1 fully saturated rings. The van der Waals surface area contributed by atoms with Crippen LogP contribution in [0.2, 0.25) is 5.02 Å². The number of halogens is 2. The summed E-state index contributed by atoms with van der Waals surface area (Å²) in [5.74, 6) is 1.15. The molecule has 0 atom stereocenters. The molecule has 1 aromatic heterocycles. The number of ether oxygens (including phenoxy) is 4. The first-order chi connectivity index (χ1) is 14.5. The molecule has 1 aliphatic heterocycles. The number of aromatic nitrogens is 2. The lowest BCUT2D eigenvalue weighted by Crippen LogP contribution is -2.39. The Balaban J connectivity index is 1.65. The highest BCUT2D eigenvalue weighted by atomic mass is 35.5. The number of benzene rings is 2. The van der Waals surface area contributed by atoms with E-state index in [1.165, 1.54) is 18.5 Å². The minimum atomic E-state index is -0.487. The van der Waals surface area contributed by atoms with Crippen LogP contribution in [0.3, 0.4) is 0 Å². The molecule has 2 aromatic carbocycles. The fourth-order valence-electron chi connectivity index (χ4n) is 3.16. The van der Waals surface area contributed by atoms with Gasteiger partial charge in [0.1, 0.15) is 24.8 Å². The summed E-state index contributed by atoms with van der Waals surface area (Å²) in [5.41, 5.74) is 1.00. The Kier molecular flexibility index (Phi) is 5.90. The topological polar surface area (TPSA) is 74.7 Å². The van der Waals surface area contributed by atoms with Crippen LogP contribution >= 0.6 is 11.6 Å². The first-order valence-electron chi connectivity index (χ1n) is 9.30. The quantitative estimate of drug-likeness (QED) is 0.610. The summed E-state index contributed by atoms with van der Waals surface area (Å²) in [6, 6.07) is 7.97. The van der Waals surface area contributed by atoms with E-state index in [4.69, 9.17) is 30.5 Å². The summed E-state index contributed by atoms with van der Waals surface area (Å²) in [5, 5.41) is 3.89. The molecule has 0 unspecified atom stereocenters. The second-order valence-corrected chi connectivity index (χ2v) is 7.82. The molecule has 0 aliphatic carbocycles. The average molecular weight is 434 g/mol. The molecular weight excluding hydrogens is 413 g/mol. The highest BCUT2D eigenvalue weighted by Crippen LogP contribution is 2.36. The maximum absolute atomic E-state index is 13.5. The van der Waals surface area contributed by atoms with Crippen molar-refractivity contribution in [1.82, 2.24) is 9.97 Å². The molecule has 0 amide bonds. The van der Waals surface area contributed by atoms with Crippen molar-refractivity contribution >= 4 is 34.0 Å². The molecule has 0 spiro atoms. The molecule has 3 aromatic rings. The Morgan fingerprint density at radius 1 is 1.17 bits per heavy atom. The highest BCUT2D eigenvalue weighted by Gasteiger charge is 2.30. The summed E-state index contributed by atoms with van der Waals surface area (Å²) in [4.78, 5) is 8.63. The van der Waals surface area contributed by atoms with Gasteiger partial charge < -0.3 is 24.3 Å². The molecule has 0 radical (unpaired) electrons. The smallest absolute Gasteiger partial charge is 0.162 e. The third-order valence-electron chi connectivity index (χ3n) is 4.75. The minimum absolute atomic E-state index is 0.0224. The molecule has 2 heterocycles. The van der Waals surface area contributed by atoms with Gasteiger partial charge >= 0.3 is 0 Å². The van der Waals surface area contributed by atoms with Gasteiger partial charge in [0.25, 0.3) is 0 Å². The summed E-state index contributed by atoms with van der Waals surface area (Å²) < 4.78 is 35.8. The Hall–Kier alpha value is -2.68. The lowest BCUT2D eigenvalue weighted by molar-refractivity contribution is -0.167. The lowest BCUT2D eigenvalue weighted by atomic mass is 9.94. The van der Waals surface area contributed by atoms with Crippen LogP contribution in [0.5, 0.6) is 11.5 Å². The molecule has 30 heavy (non-hydrogen) atoms. The predicted molar refractivity (Wildman–Crippen MR) is 111 cm³/mol. The summed E-state index contributed by atoms with van der Waals surface area (Å²) in [6.07, 6.45) is 1.44. The van der Waals surface area contributed by atoms with E-state index in [0.29, 0.717) is 55.1 Å². The number of anilines is 2. The van der Waals surface area contributed by atoms with Gasteiger partial charge in [-0.15, -0.1) is 0 Å². The van der Waals surface area contributed by atoms with E-state index in [9.17, 15) is 4.39 Å². The monoisotopic (exact) mass is 433 g/mol. The zero-order valence-corrected chi connectivity index (χ0v) is 17.3. The molecule has 1 N–H and O–H groups in total. The Labute approximate surface area is 178 Å². The van der Waals surface area contributed by atoms with Crippen LogP contribution in [-0.2, 0) is 9.47 Å². The van der Waals surface area contributed by atoms with Crippen molar-refractivity contribution in [1.29, 1.82) is 0 Å². The van der Waals surface area contributed by atoms with Crippen LogP contribution in [0.1, 0.15) is 6.92 Å². The largest absolute Gasteiger partial charge is 0.493 e. The number of hydrogen-bond donors (Lipinski definition) is 1. The van der Waals surface area contributed by atoms with E-state index in [1.54, 1.807) is 19.2 Å². The second kappa shape index (κ2) is 8.59. The van der Waals surface area contributed by atoms with Crippen molar-refractivity contribution in [3.63, 3.8) is 0 Å². The number of nitrogens with one attached hydrogen (secondary N) is 1. The standard InChI is InChI=1S/C21H21ClFN3O4/c1-21(8-28-12-29-9-21)10-30-19-6-14-17(7-18(19)27-2)24-11-25-20(14)26-13-3-4-16(23)15(22)5-13/h3-7,11H,8-10,12H2,1-2H3,(H,24,25,26). The van der Waals surface area contributed by atoms with E-state index in [-0.39, 0.29) is 10.4 Å². The van der Waals surface area contributed by atoms with Crippen molar-refractivity contribution < 1.29 is 23.3 Å². The number of rotatable bonds is 6. The molecular formula is C21H21ClFN3O4. The van der Waals surface area contributed by atoms with E-state index < -0.39 is 5.82 Å². The van der Waals surface area contributed by atoms with Crippen LogP contribution in [0, 0.1) is 11.2 Å². The van der Waals surface area contributed by atoms with Crippen molar-refractivity contribution in [2.75, 3.05) is 39.0 Å². The van der Waals surface area contributed by atoms with Crippen LogP contribution in [-0.4, -0.2) is 43.7 Å². The second-order valence-electron chi connectivity index (χ2n) is 7.41. The van der Waals surface area contributed by atoms with Gasteiger partial charge in [0.15, 0.2) is 11.5 Å². The molecule has 7 nitrogen and oxygen atoms in total. The van der Waals surface area contributed by atoms with Gasteiger partial charge in [0, 0.05) is 22.6 Å². The summed E-state index contributed by atoms with van der Waals surface area (Å²) in [6.45, 7) is 3.82. The number of hydrogen-bond acceptors (Lipinski definition) is 7. The fourth-order valence-corrected chi connectivity index (χ4v) is 3.34. The molecule has 9 heteroatoms. The molecule has 158 valence electrons. The van der Waals surface area contributed by atoms with Gasteiger partial charge in [-0.05, 0) is 24.3 Å². The normalized spacial score (nSPS) is 15.7. The first kappa shape index (κ1) is 20.6. The van der Waals surface area contributed by atoms with Crippen LogP contribution in [0.15, 0.2) is 36.7 Å². The van der Waals surface area contributed by atoms with Gasteiger partial charge in [-0.25, -0.2) is 14.4 Å². The third kappa shape index (κ3) is 4.40. The van der Waals surface area contributed by atoms with Crippen molar-refractivity contribution in [2.24, 2.45) is 5.41 Å². The van der Waals surface area contributed by atoms with E-state index in [1.807, 2.05) is 13.0 Å². The Morgan fingerprint density at radius 3 is 2.70 bits per heavy atom. The third-order valence-corrected chi connectivity index (χ3v) is 5.04.